The molecule has 0 radical (unpaired) electrons. The van der Waals surface area contributed by atoms with Gasteiger partial charge in [-0.1, -0.05) is 42.0 Å². The molecule has 2 rings (SSSR count). The van der Waals surface area contributed by atoms with Crippen molar-refractivity contribution in [2.45, 2.75) is 26.8 Å². The predicted octanol–water partition coefficient (Wildman–Crippen LogP) is 2.71. The maximum atomic E-state index is 12.1. The van der Waals surface area contributed by atoms with Crippen molar-refractivity contribution >= 4 is 11.8 Å². The van der Waals surface area contributed by atoms with Crippen LogP contribution >= 0.6 is 0 Å². The lowest BCUT2D eigenvalue weighted by Crippen LogP contribution is -2.37. The molecule has 2 aromatic rings. The van der Waals surface area contributed by atoms with E-state index < -0.39 is 0 Å². The summed E-state index contributed by atoms with van der Waals surface area (Å²) in [6.07, 6.45) is 0.307. The minimum atomic E-state index is -0.0609. The Morgan fingerprint density at radius 1 is 1.08 bits per heavy atom. The quantitative estimate of drug-likeness (QED) is 0.793. The van der Waals surface area contributed by atoms with Gasteiger partial charge in [0, 0.05) is 26.6 Å². The standard InChI is InChI=1S/C21H26N2O3/c1-16-5-4-6-19(13-16)15-23(17(2)24)12-11-22-21(25)14-18-7-9-20(26-3)10-8-18/h4-10,13H,11-12,14-15H2,1-3H3,(H,22,25). The lowest BCUT2D eigenvalue weighted by atomic mass is 10.1. The van der Waals surface area contributed by atoms with Crippen molar-refractivity contribution in [3.63, 3.8) is 0 Å². The van der Waals surface area contributed by atoms with E-state index in [2.05, 4.69) is 11.4 Å². The molecule has 0 saturated heterocycles. The Hall–Kier alpha value is -2.82. The van der Waals surface area contributed by atoms with E-state index in [0.29, 0.717) is 26.1 Å². The summed E-state index contributed by atoms with van der Waals surface area (Å²) in [5.74, 6) is 0.701. The smallest absolute Gasteiger partial charge is 0.224 e. The van der Waals surface area contributed by atoms with Crippen molar-refractivity contribution in [3.05, 3.63) is 65.2 Å². The minimum Gasteiger partial charge on any atom is -0.497 e. The van der Waals surface area contributed by atoms with Crippen molar-refractivity contribution < 1.29 is 14.3 Å². The molecule has 0 saturated carbocycles. The fraction of sp³-hybridized carbons (Fsp3) is 0.333. The van der Waals surface area contributed by atoms with Gasteiger partial charge in [-0.25, -0.2) is 0 Å². The Morgan fingerprint density at radius 3 is 2.42 bits per heavy atom. The van der Waals surface area contributed by atoms with Crippen LogP contribution in [0.4, 0.5) is 0 Å². The summed E-state index contributed by atoms with van der Waals surface area (Å²) in [5, 5.41) is 2.88. The van der Waals surface area contributed by atoms with E-state index in [1.807, 2.05) is 49.4 Å². The second-order valence-corrected chi connectivity index (χ2v) is 6.30. The third-order valence-electron chi connectivity index (χ3n) is 4.13. The first-order chi connectivity index (χ1) is 12.5. The second kappa shape index (κ2) is 9.61. The normalized spacial score (nSPS) is 10.3. The summed E-state index contributed by atoms with van der Waals surface area (Å²) in [6, 6.07) is 15.5. The number of aryl methyl sites for hydroxylation is 1. The summed E-state index contributed by atoms with van der Waals surface area (Å²) >= 11 is 0. The first-order valence-electron chi connectivity index (χ1n) is 8.68. The highest BCUT2D eigenvalue weighted by molar-refractivity contribution is 5.78. The number of carbonyl (C=O) groups is 2. The number of nitrogens with zero attached hydrogens (tertiary/aromatic N) is 1. The molecule has 2 amide bonds. The molecule has 0 aromatic heterocycles. The average molecular weight is 354 g/mol. The second-order valence-electron chi connectivity index (χ2n) is 6.30. The summed E-state index contributed by atoms with van der Waals surface area (Å²) in [4.78, 5) is 25.7. The van der Waals surface area contributed by atoms with Gasteiger partial charge in [-0.05, 0) is 30.2 Å². The summed E-state index contributed by atoms with van der Waals surface area (Å²) < 4.78 is 5.11. The minimum absolute atomic E-state index is 0.00379. The number of ether oxygens (including phenoxy) is 1. The Balaban J connectivity index is 1.81. The van der Waals surface area contributed by atoms with Crippen LogP contribution in [0.25, 0.3) is 0 Å². The summed E-state index contributed by atoms with van der Waals surface area (Å²) in [6.45, 7) is 5.04. The number of amides is 2. The van der Waals surface area contributed by atoms with E-state index >= 15 is 0 Å². The molecule has 0 unspecified atom stereocenters. The van der Waals surface area contributed by atoms with E-state index in [1.54, 1.807) is 18.9 Å². The van der Waals surface area contributed by atoms with E-state index in [9.17, 15) is 9.59 Å². The van der Waals surface area contributed by atoms with Crippen molar-refractivity contribution in [2.24, 2.45) is 0 Å². The SMILES string of the molecule is COc1ccc(CC(=O)NCCN(Cc2cccc(C)c2)C(C)=O)cc1. The largest absolute Gasteiger partial charge is 0.497 e. The highest BCUT2D eigenvalue weighted by atomic mass is 16.5. The highest BCUT2D eigenvalue weighted by Gasteiger charge is 2.10. The first-order valence-corrected chi connectivity index (χ1v) is 8.68. The monoisotopic (exact) mass is 354 g/mol. The van der Waals surface area contributed by atoms with Crippen molar-refractivity contribution in [2.75, 3.05) is 20.2 Å². The van der Waals surface area contributed by atoms with Gasteiger partial charge in [0.05, 0.1) is 13.5 Å². The van der Waals surface area contributed by atoms with Gasteiger partial charge in [-0.3, -0.25) is 9.59 Å². The van der Waals surface area contributed by atoms with E-state index in [4.69, 9.17) is 4.74 Å². The molecule has 0 aliphatic rings. The third kappa shape index (κ3) is 6.24. The predicted molar refractivity (Wildman–Crippen MR) is 102 cm³/mol. The van der Waals surface area contributed by atoms with Crippen molar-refractivity contribution in [1.82, 2.24) is 10.2 Å². The molecule has 138 valence electrons. The molecule has 0 heterocycles. The average Bonchev–Trinajstić information content (AvgIpc) is 2.61. The number of carbonyl (C=O) groups excluding carboxylic acids is 2. The number of hydrogen-bond donors (Lipinski definition) is 1. The van der Waals surface area contributed by atoms with Gasteiger partial charge in [0.25, 0.3) is 0 Å². The van der Waals surface area contributed by atoms with Gasteiger partial charge in [-0.2, -0.15) is 0 Å². The Labute approximate surface area is 155 Å². The Morgan fingerprint density at radius 2 is 1.81 bits per heavy atom. The fourth-order valence-corrected chi connectivity index (χ4v) is 2.70. The van der Waals surface area contributed by atoms with Crippen LogP contribution in [0.3, 0.4) is 0 Å². The van der Waals surface area contributed by atoms with E-state index in [-0.39, 0.29) is 11.8 Å². The van der Waals surface area contributed by atoms with Crippen LogP contribution in [0.5, 0.6) is 5.75 Å². The van der Waals surface area contributed by atoms with Crippen LogP contribution < -0.4 is 10.1 Å². The van der Waals surface area contributed by atoms with Gasteiger partial charge in [0.2, 0.25) is 11.8 Å². The van der Waals surface area contributed by atoms with Gasteiger partial charge in [0.1, 0.15) is 5.75 Å². The zero-order chi connectivity index (χ0) is 18.9. The molecule has 1 N–H and O–H groups in total. The lowest BCUT2D eigenvalue weighted by Gasteiger charge is -2.21. The van der Waals surface area contributed by atoms with Crippen LogP contribution in [0.15, 0.2) is 48.5 Å². The Bertz CT molecular complexity index is 741. The molecule has 0 atom stereocenters. The number of benzene rings is 2. The van der Waals surface area contributed by atoms with Gasteiger partial charge in [0.15, 0.2) is 0 Å². The van der Waals surface area contributed by atoms with Gasteiger partial charge < -0.3 is 15.0 Å². The summed E-state index contributed by atoms with van der Waals surface area (Å²) in [5.41, 5.74) is 3.18. The fourth-order valence-electron chi connectivity index (χ4n) is 2.70. The molecule has 0 aliphatic heterocycles. The van der Waals surface area contributed by atoms with Crippen LogP contribution in [0, 0.1) is 6.92 Å². The molecule has 0 aliphatic carbocycles. The van der Waals surface area contributed by atoms with Gasteiger partial charge in [-0.15, -0.1) is 0 Å². The number of hydrogen-bond acceptors (Lipinski definition) is 3. The van der Waals surface area contributed by atoms with E-state index in [0.717, 1.165) is 16.9 Å². The third-order valence-corrected chi connectivity index (χ3v) is 4.13. The zero-order valence-corrected chi connectivity index (χ0v) is 15.6. The van der Waals surface area contributed by atoms with Crippen LogP contribution in [-0.2, 0) is 22.6 Å². The number of nitrogens with one attached hydrogen (secondary N) is 1. The van der Waals surface area contributed by atoms with Crippen molar-refractivity contribution in [3.8, 4) is 5.75 Å². The molecule has 26 heavy (non-hydrogen) atoms. The Kier molecular flexibility index (Phi) is 7.21. The molecule has 0 bridgehead atoms. The molecular weight excluding hydrogens is 328 g/mol. The highest BCUT2D eigenvalue weighted by Crippen LogP contribution is 2.11. The topological polar surface area (TPSA) is 58.6 Å². The first kappa shape index (κ1) is 19.5. The maximum absolute atomic E-state index is 12.1. The lowest BCUT2D eigenvalue weighted by molar-refractivity contribution is -0.130. The maximum Gasteiger partial charge on any atom is 0.224 e. The van der Waals surface area contributed by atoms with Gasteiger partial charge >= 0.3 is 0 Å². The van der Waals surface area contributed by atoms with Crippen molar-refractivity contribution in [1.29, 1.82) is 0 Å². The molecule has 2 aromatic carbocycles. The zero-order valence-electron chi connectivity index (χ0n) is 15.6. The van der Waals surface area contributed by atoms with Crippen LogP contribution in [0.1, 0.15) is 23.6 Å². The summed E-state index contributed by atoms with van der Waals surface area (Å²) in [7, 11) is 1.61. The van der Waals surface area contributed by atoms with E-state index in [1.165, 1.54) is 5.56 Å². The number of rotatable bonds is 8. The molecule has 5 heteroatoms. The van der Waals surface area contributed by atoms with Crippen LogP contribution in [0.2, 0.25) is 0 Å². The molecular formula is C21H26N2O3. The number of methoxy groups -OCH3 is 1. The molecule has 5 nitrogen and oxygen atoms in total. The molecule has 0 spiro atoms. The van der Waals surface area contributed by atoms with Crippen LogP contribution in [-0.4, -0.2) is 36.9 Å². The molecule has 0 fully saturated rings.